The second-order valence-corrected chi connectivity index (χ2v) is 8.44. The van der Waals surface area contributed by atoms with E-state index in [1.165, 1.54) is 0 Å². The lowest BCUT2D eigenvalue weighted by Crippen LogP contribution is -2.46. The zero-order valence-corrected chi connectivity index (χ0v) is 18.2. The topological polar surface area (TPSA) is 80.0 Å². The second-order valence-electron chi connectivity index (χ2n) is 8.01. The molecule has 162 valence electrons. The standard InChI is InChI=1S/C24H24ClNO5/c1-15-16(2)23(28)31-21-13-19(7-8-20(15)21)30-14-22(27)26-11-9-24(29,10-12-26)17-3-5-18(25)6-4-17/h3-8,13,29H,9-12,14H2,1-2H3. The van der Waals surface area contributed by atoms with Gasteiger partial charge in [0.25, 0.3) is 5.91 Å². The van der Waals surface area contributed by atoms with Crippen LogP contribution in [0.2, 0.25) is 5.02 Å². The fraction of sp³-hybridized carbons (Fsp3) is 0.333. The Morgan fingerprint density at radius 2 is 1.81 bits per heavy atom. The molecule has 31 heavy (non-hydrogen) atoms. The van der Waals surface area contributed by atoms with Crippen LogP contribution in [0, 0.1) is 13.8 Å². The minimum absolute atomic E-state index is 0.125. The average Bonchev–Trinajstić information content (AvgIpc) is 2.76. The van der Waals surface area contributed by atoms with E-state index in [-0.39, 0.29) is 18.1 Å². The van der Waals surface area contributed by atoms with Crippen molar-refractivity contribution in [1.82, 2.24) is 4.90 Å². The van der Waals surface area contributed by atoms with Crippen LogP contribution in [0.3, 0.4) is 0 Å². The molecule has 7 heteroatoms. The maximum Gasteiger partial charge on any atom is 0.339 e. The highest BCUT2D eigenvalue weighted by molar-refractivity contribution is 6.30. The lowest BCUT2D eigenvalue weighted by molar-refractivity contribution is -0.137. The number of benzene rings is 2. The number of halogens is 1. The smallest absolute Gasteiger partial charge is 0.339 e. The Morgan fingerprint density at radius 1 is 1.13 bits per heavy atom. The molecule has 1 amide bonds. The van der Waals surface area contributed by atoms with Gasteiger partial charge in [0, 0.05) is 35.1 Å². The van der Waals surface area contributed by atoms with Crippen LogP contribution in [0.15, 0.2) is 51.7 Å². The second kappa shape index (κ2) is 8.36. The molecule has 2 heterocycles. The summed E-state index contributed by atoms with van der Waals surface area (Å²) in [6.07, 6.45) is 0.889. The van der Waals surface area contributed by atoms with Crippen LogP contribution in [0.4, 0.5) is 0 Å². The third-order valence-corrected chi connectivity index (χ3v) is 6.37. The summed E-state index contributed by atoms with van der Waals surface area (Å²) >= 11 is 5.93. The number of nitrogens with zero attached hydrogens (tertiary/aromatic N) is 1. The van der Waals surface area contributed by atoms with Gasteiger partial charge in [-0.15, -0.1) is 0 Å². The molecule has 1 aromatic heterocycles. The van der Waals surface area contributed by atoms with Gasteiger partial charge in [-0.3, -0.25) is 4.79 Å². The van der Waals surface area contributed by atoms with Crippen LogP contribution < -0.4 is 10.4 Å². The van der Waals surface area contributed by atoms with Crippen molar-refractivity contribution in [2.45, 2.75) is 32.3 Å². The van der Waals surface area contributed by atoms with E-state index in [1.807, 2.05) is 25.1 Å². The fourth-order valence-electron chi connectivity index (χ4n) is 3.93. The van der Waals surface area contributed by atoms with Crippen LogP contribution >= 0.6 is 11.6 Å². The summed E-state index contributed by atoms with van der Waals surface area (Å²) in [5.74, 6) is 0.307. The van der Waals surface area contributed by atoms with E-state index < -0.39 is 5.60 Å². The molecule has 3 aromatic rings. The van der Waals surface area contributed by atoms with Crippen molar-refractivity contribution in [1.29, 1.82) is 0 Å². The molecule has 0 spiro atoms. The third-order valence-electron chi connectivity index (χ3n) is 6.12. The highest BCUT2D eigenvalue weighted by atomic mass is 35.5. The zero-order chi connectivity index (χ0) is 22.2. The summed E-state index contributed by atoms with van der Waals surface area (Å²) in [7, 11) is 0. The van der Waals surface area contributed by atoms with E-state index in [1.54, 1.807) is 36.1 Å². The van der Waals surface area contributed by atoms with Gasteiger partial charge in [0.1, 0.15) is 11.3 Å². The predicted octanol–water partition coefficient (Wildman–Crippen LogP) is 3.95. The first-order valence-corrected chi connectivity index (χ1v) is 10.6. The van der Waals surface area contributed by atoms with Crippen LogP contribution in [0.5, 0.6) is 5.75 Å². The molecule has 0 unspecified atom stereocenters. The molecule has 1 aliphatic rings. The van der Waals surface area contributed by atoms with Gasteiger partial charge < -0.3 is 19.2 Å². The number of likely N-dealkylation sites (tertiary alicyclic amines) is 1. The van der Waals surface area contributed by atoms with Gasteiger partial charge in [0.2, 0.25) is 0 Å². The first-order chi connectivity index (χ1) is 14.8. The van der Waals surface area contributed by atoms with Crippen molar-refractivity contribution in [2.24, 2.45) is 0 Å². The Hall–Kier alpha value is -2.83. The largest absolute Gasteiger partial charge is 0.484 e. The third kappa shape index (κ3) is 4.31. The van der Waals surface area contributed by atoms with Crippen LogP contribution in [-0.2, 0) is 10.4 Å². The van der Waals surface area contributed by atoms with E-state index in [0.29, 0.717) is 47.8 Å². The molecule has 0 aliphatic carbocycles. The molecule has 1 aliphatic heterocycles. The Kier molecular flexibility index (Phi) is 5.77. The van der Waals surface area contributed by atoms with Crippen molar-refractivity contribution in [3.05, 3.63) is 74.6 Å². The molecule has 0 radical (unpaired) electrons. The molecule has 0 saturated carbocycles. The molecule has 4 rings (SSSR count). The minimum atomic E-state index is -0.964. The van der Waals surface area contributed by atoms with Crippen LogP contribution in [0.25, 0.3) is 11.0 Å². The first kappa shape index (κ1) is 21.4. The van der Waals surface area contributed by atoms with Gasteiger partial charge in [-0.05, 0) is 62.1 Å². The van der Waals surface area contributed by atoms with Crippen molar-refractivity contribution < 1.29 is 19.1 Å². The Bertz CT molecular complexity index is 1180. The zero-order valence-electron chi connectivity index (χ0n) is 17.5. The fourth-order valence-corrected chi connectivity index (χ4v) is 4.06. The summed E-state index contributed by atoms with van der Waals surface area (Å²) in [5.41, 5.74) is 1.36. The summed E-state index contributed by atoms with van der Waals surface area (Å²) in [4.78, 5) is 26.2. The van der Waals surface area contributed by atoms with Gasteiger partial charge in [0.05, 0.1) is 5.60 Å². The molecule has 6 nitrogen and oxygen atoms in total. The number of amides is 1. The highest BCUT2D eigenvalue weighted by Crippen LogP contribution is 2.33. The van der Waals surface area contributed by atoms with E-state index in [2.05, 4.69) is 0 Å². The number of aryl methyl sites for hydroxylation is 1. The molecule has 1 saturated heterocycles. The number of aliphatic hydroxyl groups is 1. The number of ether oxygens (including phenoxy) is 1. The number of piperidine rings is 1. The van der Waals surface area contributed by atoms with Crippen LogP contribution in [-0.4, -0.2) is 35.6 Å². The van der Waals surface area contributed by atoms with Gasteiger partial charge in [-0.25, -0.2) is 4.79 Å². The summed E-state index contributed by atoms with van der Waals surface area (Å²) in [6, 6.07) is 12.4. The summed E-state index contributed by atoms with van der Waals surface area (Å²) in [6.45, 7) is 4.36. The Morgan fingerprint density at radius 3 is 2.48 bits per heavy atom. The van der Waals surface area contributed by atoms with E-state index >= 15 is 0 Å². The van der Waals surface area contributed by atoms with E-state index in [9.17, 15) is 14.7 Å². The Balaban J connectivity index is 1.38. The molecular weight excluding hydrogens is 418 g/mol. The lowest BCUT2D eigenvalue weighted by Gasteiger charge is -2.38. The number of hydrogen-bond acceptors (Lipinski definition) is 5. The van der Waals surface area contributed by atoms with E-state index in [4.69, 9.17) is 20.8 Å². The molecule has 0 bridgehead atoms. The quantitative estimate of drug-likeness (QED) is 0.620. The normalized spacial score (nSPS) is 15.8. The molecule has 1 fully saturated rings. The summed E-state index contributed by atoms with van der Waals surface area (Å²) in [5, 5.41) is 12.4. The maximum absolute atomic E-state index is 12.6. The van der Waals surface area contributed by atoms with Gasteiger partial charge in [0.15, 0.2) is 6.61 Å². The Labute approximate surface area is 185 Å². The maximum atomic E-state index is 12.6. The number of fused-ring (bicyclic) bond motifs is 1. The van der Waals surface area contributed by atoms with Crippen molar-refractivity contribution in [2.75, 3.05) is 19.7 Å². The summed E-state index contributed by atoms with van der Waals surface area (Å²) < 4.78 is 11.0. The molecule has 0 atom stereocenters. The first-order valence-electron chi connectivity index (χ1n) is 10.2. The number of rotatable bonds is 4. The average molecular weight is 442 g/mol. The van der Waals surface area contributed by atoms with Crippen LogP contribution in [0.1, 0.15) is 29.5 Å². The SMILES string of the molecule is Cc1c(C)c2ccc(OCC(=O)N3CCC(O)(c4ccc(Cl)cc4)CC3)cc2oc1=O. The predicted molar refractivity (Wildman–Crippen MR) is 119 cm³/mol. The van der Waals surface area contributed by atoms with Gasteiger partial charge in [-0.2, -0.15) is 0 Å². The van der Waals surface area contributed by atoms with Gasteiger partial charge >= 0.3 is 5.63 Å². The lowest BCUT2D eigenvalue weighted by atomic mass is 9.84. The van der Waals surface area contributed by atoms with Crippen molar-refractivity contribution in [3.8, 4) is 5.75 Å². The van der Waals surface area contributed by atoms with E-state index in [0.717, 1.165) is 16.5 Å². The minimum Gasteiger partial charge on any atom is -0.484 e. The molecule has 2 aromatic carbocycles. The number of carbonyl (C=O) groups excluding carboxylic acids is 1. The monoisotopic (exact) mass is 441 g/mol. The molecule has 1 N–H and O–H groups in total. The van der Waals surface area contributed by atoms with Crippen molar-refractivity contribution in [3.63, 3.8) is 0 Å². The number of hydrogen-bond donors (Lipinski definition) is 1. The highest BCUT2D eigenvalue weighted by Gasteiger charge is 2.35. The van der Waals surface area contributed by atoms with Gasteiger partial charge in [-0.1, -0.05) is 23.7 Å². The van der Waals surface area contributed by atoms with Crippen molar-refractivity contribution >= 4 is 28.5 Å². The molecular formula is C24H24ClNO5. The number of carbonyl (C=O) groups is 1.